The van der Waals surface area contributed by atoms with Crippen molar-refractivity contribution in [3.05, 3.63) is 40.6 Å². The van der Waals surface area contributed by atoms with Crippen LogP contribution in [0.15, 0.2) is 29.3 Å². The summed E-state index contributed by atoms with van der Waals surface area (Å²) in [6.45, 7) is 4.00. The Morgan fingerprint density at radius 1 is 1.24 bits per heavy atom. The van der Waals surface area contributed by atoms with Crippen molar-refractivity contribution in [3.63, 3.8) is 0 Å². The molecule has 0 spiro atoms. The molecule has 2 N–H and O–H groups in total. The van der Waals surface area contributed by atoms with Crippen molar-refractivity contribution in [2.45, 2.75) is 50.9 Å². The Hall–Kier alpha value is -3.31. The molecule has 0 radical (unpaired) electrons. The summed E-state index contributed by atoms with van der Waals surface area (Å²) in [5, 5.41) is 12.4. The lowest BCUT2D eigenvalue weighted by Gasteiger charge is -2.18. The third-order valence-electron chi connectivity index (χ3n) is 6.88. The Morgan fingerprint density at radius 3 is 2.85 bits per heavy atom. The minimum Gasteiger partial charge on any atom is -0.494 e. The molecule has 1 aliphatic rings. The highest BCUT2D eigenvalue weighted by Crippen LogP contribution is 2.33. The largest absolute Gasteiger partial charge is 0.494 e. The predicted molar refractivity (Wildman–Crippen MR) is 133 cm³/mol. The number of rotatable bonds is 4. The van der Waals surface area contributed by atoms with Crippen LogP contribution in [0.5, 0.6) is 5.75 Å². The molecule has 0 saturated carbocycles. The topological polar surface area (TPSA) is 120 Å². The highest BCUT2D eigenvalue weighted by Gasteiger charge is 2.31. The molecule has 2 unspecified atom stereocenters. The van der Waals surface area contributed by atoms with Crippen LogP contribution in [0.4, 0.5) is 11.6 Å². The molecule has 0 aliphatic carbocycles. The van der Waals surface area contributed by atoms with E-state index in [1.807, 2.05) is 25.6 Å². The monoisotopic (exact) mass is 479 g/mol. The Balaban J connectivity index is 1.54. The van der Waals surface area contributed by atoms with E-state index in [0.29, 0.717) is 28.4 Å². The smallest absolute Gasteiger partial charge is 0.330 e. The van der Waals surface area contributed by atoms with Gasteiger partial charge in [-0.15, -0.1) is 0 Å². The molecule has 1 saturated heterocycles. The number of aryl methyl sites for hydroxylation is 2. The molecule has 0 amide bonds. The number of hydrogen-bond donors (Lipinski definition) is 2. The summed E-state index contributed by atoms with van der Waals surface area (Å²) in [4.78, 5) is 33.0. The van der Waals surface area contributed by atoms with E-state index in [1.165, 1.54) is 0 Å². The molecule has 5 rings (SSSR count). The van der Waals surface area contributed by atoms with Crippen molar-refractivity contribution in [3.8, 4) is 5.75 Å². The number of aromatic nitrogens is 6. The quantitative estimate of drug-likeness (QED) is 0.427. The number of methoxy groups -OCH3 is 1. The number of fused-ring (bicyclic) bond motifs is 2. The molecular weight excluding hydrogens is 450 g/mol. The highest BCUT2D eigenvalue weighted by atomic mass is 28.4. The second-order valence-electron chi connectivity index (χ2n) is 9.42. The third kappa shape index (κ3) is 3.94. The molecule has 1 aromatic carbocycles. The Kier molecular flexibility index (Phi) is 5.60. The molecule has 178 valence electrons. The fraction of sp³-hybridized carbons (Fsp3) is 0.435. The molecular formula is C23H29N7O3Si. The Morgan fingerprint density at radius 2 is 2.06 bits per heavy atom. The van der Waals surface area contributed by atoms with Crippen LogP contribution < -0.4 is 15.7 Å². The number of ether oxygens (including phenoxy) is 1. The summed E-state index contributed by atoms with van der Waals surface area (Å²) in [7, 11) is 1.18. The second kappa shape index (κ2) is 8.48. The van der Waals surface area contributed by atoms with Gasteiger partial charge in [0.05, 0.1) is 25.0 Å². The molecule has 1 aliphatic heterocycles. The van der Waals surface area contributed by atoms with Gasteiger partial charge in [-0.1, -0.05) is 6.42 Å². The predicted octanol–water partition coefficient (Wildman–Crippen LogP) is 3.43. The third-order valence-corrected chi connectivity index (χ3v) is 9.68. The normalized spacial score (nSPS) is 21.0. The van der Waals surface area contributed by atoms with Crippen LogP contribution in [-0.2, 0) is 7.05 Å². The number of nitrogens with one attached hydrogen (secondary N) is 1. The molecule has 10 nitrogen and oxygen atoms in total. The first kappa shape index (κ1) is 22.5. The SMILES string of the molecule is COc1cnnc2cc(Nc3ncc4c(n3)n(C3CCC[Si](C)(O)CC3)c(=O)n4C)c(C)cc12. The number of nitrogens with zero attached hydrogens (tertiary/aromatic N) is 6. The van der Waals surface area contributed by atoms with E-state index in [9.17, 15) is 9.59 Å². The maximum absolute atomic E-state index is 13.2. The van der Waals surface area contributed by atoms with Gasteiger partial charge in [0.15, 0.2) is 14.0 Å². The average molecular weight is 480 g/mol. The van der Waals surface area contributed by atoms with Crippen molar-refractivity contribution in [1.29, 1.82) is 0 Å². The standard InChI is InChI=1S/C23H29N7O3Si/c1-14-10-16-18(28-25-13-20(16)33-3)11-17(14)26-22-24-12-19-21(27-22)30(23(31)29(19)2)15-6-5-8-34(4,32)9-7-15/h10-13,15,32H,5-9H2,1-4H3,(H,24,26,27). The van der Waals surface area contributed by atoms with Crippen LogP contribution in [-0.4, -0.2) is 49.5 Å². The van der Waals surface area contributed by atoms with E-state index in [2.05, 4.69) is 20.5 Å². The highest BCUT2D eigenvalue weighted by molar-refractivity contribution is 6.71. The lowest BCUT2D eigenvalue weighted by atomic mass is 10.1. The number of anilines is 2. The average Bonchev–Trinajstić information content (AvgIpc) is 2.93. The van der Waals surface area contributed by atoms with Crippen molar-refractivity contribution in [2.75, 3.05) is 12.4 Å². The van der Waals surface area contributed by atoms with E-state index < -0.39 is 8.32 Å². The summed E-state index contributed by atoms with van der Waals surface area (Å²) in [6.07, 6.45) is 5.84. The van der Waals surface area contributed by atoms with Crippen LogP contribution in [0.2, 0.25) is 18.6 Å². The first-order valence-electron chi connectivity index (χ1n) is 11.5. The molecule has 1 fully saturated rings. The van der Waals surface area contributed by atoms with Gasteiger partial charge in [0, 0.05) is 24.2 Å². The second-order valence-corrected chi connectivity index (χ2v) is 13.4. The minimum absolute atomic E-state index is 0.0190. The molecule has 3 aromatic heterocycles. The van der Waals surface area contributed by atoms with E-state index in [4.69, 9.17) is 9.72 Å². The molecule has 34 heavy (non-hydrogen) atoms. The van der Waals surface area contributed by atoms with Crippen molar-refractivity contribution in [2.24, 2.45) is 7.05 Å². The van der Waals surface area contributed by atoms with Gasteiger partial charge in [0.2, 0.25) is 5.95 Å². The number of hydrogen-bond acceptors (Lipinski definition) is 8. The van der Waals surface area contributed by atoms with E-state index >= 15 is 0 Å². The van der Waals surface area contributed by atoms with Gasteiger partial charge < -0.3 is 14.8 Å². The maximum atomic E-state index is 13.2. The zero-order valence-corrected chi connectivity index (χ0v) is 20.9. The van der Waals surface area contributed by atoms with E-state index in [0.717, 1.165) is 48.0 Å². The summed E-state index contributed by atoms with van der Waals surface area (Å²) >= 11 is 0. The van der Waals surface area contributed by atoms with Gasteiger partial charge in [-0.05, 0) is 56.1 Å². The first-order valence-corrected chi connectivity index (χ1v) is 14.4. The van der Waals surface area contributed by atoms with Gasteiger partial charge >= 0.3 is 5.69 Å². The fourth-order valence-electron chi connectivity index (χ4n) is 4.86. The number of imidazole rings is 1. The Bertz CT molecular complexity index is 1450. The molecule has 11 heteroatoms. The zero-order chi connectivity index (χ0) is 24.0. The van der Waals surface area contributed by atoms with E-state index in [-0.39, 0.29) is 11.7 Å². The van der Waals surface area contributed by atoms with Gasteiger partial charge in [-0.3, -0.25) is 9.13 Å². The van der Waals surface area contributed by atoms with Crippen molar-refractivity contribution < 1.29 is 9.53 Å². The van der Waals surface area contributed by atoms with Gasteiger partial charge in [-0.25, -0.2) is 9.78 Å². The van der Waals surface area contributed by atoms with Crippen LogP contribution in [0.1, 0.15) is 30.9 Å². The Labute approximate surface area is 197 Å². The summed E-state index contributed by atoms with van der Waals surface area (Å²) < 4.78 is 8.79. The van der Waals surface area contributed by atoms with Crippen LogP contribution in [0.25, 0.3) is 22.1 Å². The molecule has 4 heterocycles. The molecule has 0 bridgehead atoms. The summed E-state index contributed by atoms with van der Waals surface area (Å²) in [6, 6.07) is 5.57. The fourth-order valence-corrected chi connectivity index (χ4v) is 7.03. The van der Waals surface area contributed by atoms with Crippen LogP contribution in [0, 0.1) is 6.92 Å². The van der Waals surface area contributed by atoms with Gasteiger partial charge in [0.25, 0.3) is 0 Å². The lowest BCUT2D eigenvalue weighted by molar-refractivity contribution is 0.417. The van der Waals surface area contributed by atoms with Gasteiger partial charge in [0.1, 0.15) is 11.3 Å². The summed E-state index contributed by atoms with van der Waals surface area (Å²) in [5.74, 6) is 1.07. The summed E-state index contributed by atoms with van der Waals surface area (Å²) in [5.41, 5.74) is 3.67. The zero-order valence-electron chi connectivity index (χ0n) is 19.9. The van der Waals surface area contributed by atoms with Crippen LogP contribution >= 0.6 is 0 Å². The maximum Gasteiger partial charge on any atom is 0.330 e. The van der Waals surface area contributed by atoms with Crippen LogP contribution in [0.3, 0.4) is 0 Å². The lowest BCUT2D eigenvalue weighted by Crippen LogP contribution is -2.29. The van der Waals surface area contributed by atoms with Crippen molar-refractivity contribution in [1.82, 2.24) is 29.3 Å². The molecule has 2 atom stereocenters. The number of benzene rings is 1. The van der Waals surface area contributed by atoms with E-state index in [1.54, 1.807) is 35.7 Å². The van der Waals surface area contributed by atoms with Crippen molar-refractivity contribution >= 4 is 42.0 Å². The first-order chi connectivity index (χ1) is 16.3. The molecule has 4 aromatic rings. The minimum atomic E-state index is -2.18. The van der Waals surface area contributed by atoms with Gasteiger partial charge in [-0.2, -0.15) is 15.2 Å².